The van der Waals surface area contributed by atoms with E-state index in [0.717, 1.165) is 30.1 Å². The molecular formula is C18H12F3N5O4S. The van der Waals surface area contributed by atoms with Crippen LogP contribution in [0, 0.1) is 0 Å². The zero-order valence-electron chi connectivity index (χ0n) is 15.6. The van der Waals surface area contributed by atoms with Crippen LogP contribution in [-0.4, -0.2) is 40.3 Å². The molecule has 0 saturated carbocycles. The second-order valence-electron chi connectivity index (χ2n) is 5.63. The van der Waals surface area contributed by atoms with Crippen molar-refractivity contribution in [2.45, 2.75) is 6.18 Å². The minimum atomic E-state index is -4.60. The van der Waals surface area contributed by atoms with Crippen LogP contribution in [0.2, 0.25) is 0 Å². The summed E-state index contributed by atoms with van der Waals surface area (Å²) in [7, 11) is 1.19. The van der Waals surface area contributed by atoms with Crippen molar-refractivity contribution >= 4 is 35.0 Å². The molecule has 9 nitrogen and oxygen atoms in total. The number of hydrogen-bond acceptors (Lipinski definition) is 9. The molecule has 13 heteroatoms. The van der Waals surface area contributed by atoms with Crippen LogP contribution in [0.15, 0.2) is 57.7 Å². The first-order valence-electron chi connectivity index (χ1n) is 8.32. The van der Waals surface area contributed by atoms with Crippen molar-refractivity contribution in [1.82, 2.24) is 15.3 Å². The van der Waals surface area contributed by atoms with Crippen molar-refractivity contribution in [2.75, 3.05) is 7.11 Å². The van der Waals surface area contributed by atoms with Gasteiger partial charge in [-0.1, -0.05) is 0 Å². The van der Waals surface area contributed by atoms with Gasteiger partial charge in [-0.05, 0) is 47.7 Å². The van der Waals surface area contributed by atoms with Crippen LogP contribution < -0.4 is 10.1 Å². The highest BCUT2D eigenvalue weighted by atomic mass is 32.2. The SMILES string of the molecule is COC(=O)/C=C1/S/C(=N\N=Cc2ccc(Oc3nccc(C(F)(F)F)n3)cc2)NC1=O. The summed E-state index contributed by atoms with van der Waals surface area (Å²) in [4.78, 5) is 30.0. The summed E-state index contributed by atoms with van der Waals surface area (Å²) in [6.07, 6.45) is -1.22. The highest BCUT2D eigenvalue weighted by Gasteiger charge is 2.33. The zero-order valence-corrected chi connectivity index (χ0v) is 16.4. The number of thioether (sulfide) groups is 1. The monoisotopic (exact) mass is 451 g/mol. The lowest BCUT2D eigenvalue weighted by Gasteiger charge is -2.07. The number of nitrogens with zero attached hydrogens (tertiary/aromatic N) is 4. The van der Waals surface area contributed by atoms with Crippen LogP contribution in [0.4, 0.5) is 13.2 Å². The van der Waals surface area contributed by atoms with E-state index in [9.17, 15) is 22.8 Å². The van der Waals surface area contributed by atoms with E-state index >= 15 is 0 Å². The number of halogens is 3. The number of benzene rings is 1. The number of aromatic nitrogens is 2. The molecule has 0 radical (unpaired) electrons. The Labute approximate surface area is 177 Å². The molecule has 2 heterocycles. The average molecular weight is 451 g/mol. The van der Waals surface area contributed by atoms with Gasteiger partial charge in [0.25, 0.3) is 5.91 Å². The molecule has 0 spiro atoms. The molecule has 1 aliphatic heterocycles. The smallest absolute Gasteiger partial charge is 0.433 e. The summed E-state index contributed by atoms with van der Waals surface area (Å²) in [5.41, 5.74) is -0.511. The molecular weight excluding hydrogens is 439 g/mol. The normalized spacial score (nSPS) is 16.7. The molecule has 1 aromatic heterocycles. The maximum atomic E-state index is 12.7. The molecule has 31 heavy (non-hydrogen) atoms. The minimum Gasteiger partial charge on any atom is -0.466 e. The molecule has 160 valence electrons. The maximum Gasteiger partial charge on any atom is 0.433 e. The average Bonchev–Trinajstić information content (AvgIpc) is 3.08. The number of carbonyl (C=O) groups excluding carboxylic acids is 2. The fraction of sp³-hybridized carbons (Fsp3) is 0.111. The standard InChI is InChI=1S/C18H12F3N5O4S/c1-29-14(27)8-12-15(28)25-17(31-12)26-23-9-10-2-4-11(5-3-10)30-16-22-7-6-13(24-16)18(19,20)21/h2-9H,1H3,(H,25,26,28)/b12-8+,23-9?. The number of nitrogens with one attached hydrogen (secondary N) is 1. The Balaban J connectivity index is 1.62. The Morgan fingerprint density at radius 1 is 1.23 bits per heavy atom. The fourth-order valence-electron chi connectivity index (χ4n) is 2.06. The highest BCUT2D eigenvalue weighted by molar-refractivity contribution is 8.18. The van der Waals surface area contributed by atoms with Crippen LogP contribution in [0.5, 0.6) is 11.8 Å². The fourth-order valence-corrected chi connectivity index (χ4v) is 2.80. The van der Waals surface area contributed by atoms with Crippen molar-refractivity contribution in [2.24, 2.45) is 10.2 Å². The van der Waals surface area contributed by atoms with Crippen molar-refractivity contribution in [3.05, 3.63) is 58.8 Å². The van der Waals surface area contributed by atoms with Gasteiger partial charge in [0.15, 0.2) is 10.9 Å². The predicted octanol–water partition coefficient (Wildman–Crippen LogP) is 2.90. The van der Waals surface area contributed by atoms with Crippen LogP contribution in [-0.2, 0) is 20.5 Å². The van der Waals surface area contributed by atoms with Gasteiger partial charge in [0.2, 0.25) is 0 Å². The van der Waals surface area contributed by atoms with E-state index in [4.69, 9.17) is 4.74 Å². The van der Waals surface area contributed by atoms with Crippen LogP contribution in [0.25, 0.3) is 0 Å². The molecule has 3 rings (SSSR count). The van der Waals surface area contributed by atoms with Gasteiger partial charge < -0.3 is 9.47 Å². The Kier molecular flexibility index (Phi) is 6.65. The molecule has 1 fully saturated rings. The maximum absolute atomic E-state index is 12.7. The summed E-state index contributed by atoms with van der Waals surface area (Å²) in [6.45, 7) is 0. The second-order valence-corrected chi connectivity index (χ2v) is 6.66. The minimum absolute atomic E-state index is 0.124. The molecule has 0 bridgehead atoms. The number of carbonyl (C=O) groups is 2. The summed E-state index contributed by atoms with van der Waals surface area (Å²) in [5.74, 6) is -0.943. The van der Waals surface area contributed by atoms with E-state index < -0.39 is 29.8 Å². The van der Waals surface area contributed by atoms with Crippen molar-refractivity contribution in [1.29, 1.82) is 0 Å². The van der Waals surface area contributed by atoms with Gasteiger partial charge in [-0.25, -0.2) is 9.78 Å². The van der Waals surface area contributed by atoms with Gasteiger partial charge >= 0.3 is 18.2 Å². The molecule has 0 unspecified atom stereocenters. The lowest BCUT2D eigenvalue weighted by Crippen LogP contribution is -2.19. The van der Waals surface area contributed by atoms with E-state index in [1.165, 1.54) is 25.5 Å². The number of amidine groups is 1. The molecule has 0 aliphatic carbocycles. The number of rotatable bonds is 5. The van der Waals surface area contributed by atoms with Gasteiger partial charge in [-0.2, -0.15) is 23.3 Å². The molecule has 1 saturated heterocycles. The Morgan fingerprint density at radius 2 is 1.97 bits per heavy atom. The lowest BCUT2D eigenvalue weighted by atomic mass is 10.2. The van der Waals surface area contributed by atoms with Crippen molar-refractivity contribution in [3.63, 3.8) is 0 Å². The van der Waals surface area contributed by atoms with E-state index in [-0.39, 0.29) is 15.8 Å². The van der Waals surface area contributed by atoms with Crippen molar-refractivity contribution < 1.29 is 32.2 Å². The van der Waals surface area contributed by atoms with Gasteiger partial charge in [0, 0.05) is 12.3 Å². The van der Waals surface area contributed by atoms with E-state index in [0.29, 0.717) is 5.56 Å². The van der Waals surface area contributed by atoms with E-state index in [2.05, 4.69) is 30.2 Å². The number of methoxy groups -OCH3 is 1. The summed E-state index contributed by atoms with van der Waals surface area (Å²) in [5, 5.41) is 10.3. The Bertz CT molecular complexity index is 1080. The molecule has 2 aromatic rings. The van der Waals surface area contributed by atoms with Crippen LogP contribution >= 0.6 is 11.8 Å². The zero-order chi connectivity index (χ0) is 22.4. The molecule has 1 aromatic carbocycles. The van der Waals surface area contributed by atoms with E-state index in [1.807, 2.05) is 0 Å². The first-order chi connectivity index (χ1) is 14.7. The second kappa shape index (κ2) is 9.38. The topological polar surface area (TPSA) is 115 Å². The highest BCUT2D eigenvalue weighted by Crippen LogP contribution is 2.29. The molecule has 0 atom stereocenters. The van der Waals surface area contributed by atoms with Crippen molar-refractivity contribution in [3.8, 4) is 11.8 Å². The van der Waals surface area contributed by atoms with Gasteiger partial charge in [0.1, 0.15) is 5.75 Å². The molecule has 1 amide bonds. The van der Waals surface area contributed by atoms with Crippen LogP contribution in [0.1, 0.15) is 11.3 Å². The van der Waals surface area contributed by atoms with Gasteiger partial charge in [-0.15, -0.1) is 5.10 Å². The number of esters is 1. The number of alkyl halides is 3. The Hall–Kier alpha value is -3.74. The summed E-state index contributed by atoms with van der Waals surface area (Å²) in [6, 6.07) is 6.44. The third-order valence-corrected chi connectivity index (χ3v) is 4.37. The summed E-state index contributed by atoms with van der Waals surface area (Å²) < 4.78 is 47.7. The Morgan fingerprint density at radius 3 is 2.65 bits per heavy atom. The third-order valence-electron chi connectivity index (χ3n) is 3.47. The largest absolute Gasteiger partial charge is 0.466 e. The van der Waals surface area contributed by atoms with Gasteiger partial charge in [0.05, 0.1) is 18.2 Å². The first-order valence-corrected chi connectivity index (χ1v) is 9.14. The third kappa shape index (κ3) is 6.12. The van der Waals surface area contributed by atoms with Crippen LogP contribution in [0.3, 0.4) is 0 Å². The molecule has 1 aliphatic rings. The molecule has 1 N–H and O–H groups in total. The lowest BCUT2D eigenvalue weighted by molar-refractivity contribution is -0.141. The summed E-state index contributed by atoms with van der Waals surface area (Å²) >= 11 is 0.926. The predicted molar refractivity (Wildman–Crippen MR) is 104 cm³/mol. The van der Waals surface area contributed by atoms with E-state index in [1.54, 1.807) is 12.1 Å². The quantitative estimate of drug-likeness (QED) is 0.322. The first kappa shape index (κ1) is 22.0. The number of amides is 1. The van der Waals surface area contributed by atoms with Gasteiger partial charge in [-0.3, -0.25) is 10.1 Å². The number of hydrogen-bond donors (Lipinski definition) is 1. The number of ether oxygens (including phenoxy) is 2.